The van der Waals surface area contributed by atoms with Crippen LogP contribution in [0.5, 0.6) is 11.5 Å². The van der Waals surface area contributed by atoms with E-state index in [1.807, 2.05) is 0 Å². The van der Waals surface area contributed by atoms with Gasteiger partial charge in [0, 0.05) is 0 Å². The summed E-state index contributed by atoms with van der Waals surface area (Å²) < 4.78 is 8.48. The van der Waals surface area contributed by atoms with Crippen molar-refractivity contribution in [2.24, 2.45) is 0 Å². The van der Waals surface area contributed by atoms with E-state index in [1.54, 1.807) is 0 Å². The van der Waals surface area contributed by atoms with Crippen LogP contribution in [0.1, 0.15) is 94.2 Å². The number of rotatable bonds is 5. The maximum absolute atomic E-state index is 11.1. The van der Waals surface area contributed by atoms with Gasteiger partial charge in [0.1, 0.15) is 0 Å². The van der Waals surface area contributed by atoms with Crippen LogP contribution in [0.3, 0.4) is 0 Å². The fraction of sp³-hybridized carbons (Fsp3) is 0.739. The van der Waals surface area contributed by atoms with Gasteiger partial charge in [0.25, 0.3) is 0 Å². The van der Waals surface area contributed by atoms with Crippen molar-refractivity contribution < 1.29 is 8.87 Å². The summed E-state index contributed by atoms with van der Waals surface area (Å²) in [7, 11) is 0. The molecule has 0 aromatic heterocycles. The third-order valence-electron chi connectivity index (χ3n) is 5.74. The van der Waals surface area contributed by atoms with E-state index in [4.69, 9.17) is 3.76 Å². The zero-order valence-corrected chi connectivity index (χ0v) is 21.3. The van der Waals surface area contributed by atoms with Crippen molar-refractivity contribution in [3.05, 3.63) is 23.3 Å². The van der Waals surface area contributed by atoms with E-state index >= 15 is 0 Å². The predicted octanol–water partition coefficient (Wildman–Crippen LogP) is 7.54. The Bertz CT molecular complexity index is 595. The molecule has 0 aliphatic carbocycles. The molecule has 0 aliphatic rings. The Morgan fingerprint density at radius 2 is 1.19 bits per heavy atom. The van der Waals surface area contributed by atoms with Crippen LogP contribution >= 0.6 is 0 Å². The Morgan fingerprint density at radius 1 is 0.769 bits per heavy atom. The predicted molar refractivity (Wildman–Crippen MR) is 117 cm³/mol. The molecule has 1 aromatic rings. The second-order valence-electron chi connectivity index (χ2n) is 10.8. The molecule has 0 fully saturated rings. The number of phenols is 1. The van der Waals surface area contributed by atoms with E-state index in [1.165, 1.54) is 5.56 Å². The van der Waals surface area contributed by atoms with Crippen molar-refractivity contribution in [3.8, 4) is 11.5 Å². The number of benzene rings is 1. The minimum atomic E-state index is -2.75. The molecule has 0 radical (unpaired) electrons. The van der Waals surface area contributed by atoms with Crippen molar-refractivity contribution in [3.63, 3.8) is 0 Å². The number of hydrogen-bond acceptors (Lipinski definition) is 2. The average Bonchev–Trinajstić information content (AvgIpc) is 2.42. The Kier molecular flexibility index (Phi) is 7.00. The van der Waals surface area contributed by atoms with Crippen LogP contribution in [0, 0.1) is 0 Å². The van der Waals surface area contributed by atoms with E-state index < -0.39 is 13.6 Å². The molecule has 1 rings (SSSR count). The van der Waals surface area contributed by atoms with Gasteiger partial charge in [0.2, 0.25) is 0 Å². The zero-order chi connectivity index (χ0) is 20.7. The average molecular weight is 423 g/mol. The number of phenolic OH excluding ortho intramolecular Hbond substituents is 1. The second kappa shape index (κ2) is 7.77. The van der Waals surface area contributed by atoms with Gasteiger partial charge in [-0.2, -0.15) is 0 Å². The summed E-state index contributed by atoms with van der Waals surface area (Å²) in [4.78, 5) is 0. The molecule has 0 spiro atoms. The summed E-state index contributed by atoms with van der Waals surface area (Å²) in [5.41, 5.74) is 2.08. The van der Waals surface area contributed by atoms with Gasteiger partial charge in [-0.05, 0) is 0 Å². The number of hydrogen-bond donors (Lipinski definition) is 1. The summed E-state index contributed by atoms with van der Waals surface area (Å²) in [6.07, 6.45) is 0. The van der Waals surface area contributed by atoms with Crippen molar-refractivity contribution in [1.29, 1.82) is 0 Å². The van der Waals surface area contributed by atoms with Crippen molar-refractivity contribution in [2.75, 3.05) is 0 Å². The molecule has 26 heavy (non-hydrogen) atoms. The third kappa shape index (κ3) is 4.61. The van der Waals surface area contributed by atoms with Gasteiger partial charge in [-0.1, -0.05) is 0 Å². The van der Waals surface area contributed by atoms with Crippen LogP contribution in [0.4, 0.5) is 0 Å². The summed E-state index contributed by atoms with van der Waals surface area (Å²) in [6.45, 7) is 26.9. The van der Waals surface area contributed by atoms with Gasteiger partial charge in [-0.3, -0.25) is 0 Å². The van der Waals surface area contributed by atoms with Crippen LogP contribution < -0.4 is 3.76 Å². The van der Waals surface area contributed by atoms with Crippen molar-refractivity contribution in [2.45, 2.75) is 108 Å². The molecule has 0 atom stereocenters. The standard InChI is InChI=1S/C23H42GeO2/c1-15(2)24(16(3)4,17(5)6)26-20-14-18(22(7,8)9)13-19(21(20)25)23(10,11)12/h13-17,25H,1-12H3. The minimum absolute atomic E-state index is 0.00889. The van der Waals surface area contributed by atoms with E-state index in [0.29, 0.717) is 25.8 Å². The fourth-order valence-corrected chi connectivity index (χ4v) is 15.2. The van der Waals surface area contributed by atoms with Gasteiger partial charge in [-0.25, -0.2) is 0 Å². The number of aromatic hydroxyl groups is 1. The van der Waals surface area contributed by atoms with Crippen LogP contribution in [-0.4, -0.2) is 18.7 Å². The van der Waals surface area contributed by atoms with Crippen LogP contribution in [0.25, 0.3) is 0 Å². The van der Waals surface area contributed by atoms with Crippen LogP contribution in [0.15, 0.2) is 12.1 Å². The molecule has 0 unspecified atom stereocenters. The molecule has 0 aliphatic heterocycles. The van der Waals surface area contributed by atoms with Crippen LogP contribution in [0.2, 0.25) is 14.3 Å². The Labute approximate surface area is 165 Å². The Balaban J connectivity index is 3.70. The zero-order valence-electron chi connectivity index (χ0n) is 19.2. The SMILES string of the molecule is C[CH](C)[Ge]([O]c1cc(C(C)(C)C)cc(C(C)(C)C)c1O)([CH](C)C)[CH](C)C. The van der Waals surface area contributed by atoms with Gasteiger partial charge in [0.15, 0.2) is 0 Å². The molecule has 0 amide bonds. The Morgan fingerprint density at radius 3 is 1.50 bits per heavy atom. The first-order valence-electron chi connectivity index (χ1n) is 10.1. The first kappa shape index (κ1) is 23.4. The molecular formula is C23H42GeO2. The molecule has 3 heteroatoms. The van der Waals surface area contributed by atoms with Crippen molar-refractivity contribution in [1.82, 2.24) is 0 Å². The van der Waals surface area contributed by atoms with Gasteiger partial charge >= 0.3 is 165 Å². The Hall–Kier alpha value is -0.637. The molecule has 2 nitrogen and oxygen atoms in total. The van der Waals surface area contributed by atoms with E-state index in [9.17, 15) is 5.11 Å². The molecule has 0 saturated carbocycles. The molecule has 0 bridgehead atoms. The molecule has 0 saturated heterocycles. The van der Waals surface area contributed by atoms with E-state index in [-0.39, 0.29) is 10.8 Å². The van der Waals surface area contributed by atoms with Crippen molar-refractivity contribution >= 4 is 13.6 Å². The third-order valence-corrected chi connectivity index (χ3v) is 18.3. The molecule has 150 valence electrons. The normalized spacial score (nSPS) is 13.8. The van der Waals surface area contributed by atoms with Gasteiger partial charge in [-0.15, -0.1) is 0 Å². The van der Waals surface area contributed by atoms with Gasteiger partial charge in [0.05, 0.1) is 0 Å². The topological polar surface area (TPSA) is 29.5 Å². The quantitative estimate of drug-likeness (QED) is 0.496. The molecule has 1 N–H and O–H groups in total. The maximum atomic E-state index is 11.1. The van der Waals surface area contributed by atoms with E-state index in [2.05, 4.69) is 95.2 Å². The molecule has 1 aromatic carbocycles. The molecule has 0 heterocycles. The fourth-order valence-electron chi connectivity index (χ4n) is 4.23. The van der Waals surface area contributed by atoms with E-state index in [0.717, 1.165) is 5.56 Å². The summed E-state index contributed by atoms with van der Waals surface area (Å²) in [6, 6.07) is 4.26. The first-order valence-corrected chi connectivity index (χ1v) is 14.6. The van der Waals surface area contributed by atoms with Crippen LogP contribution in [-0.2, 0) is 10.8 Å². The monoisotopic (exact) mass is 424 g/mol. The van der Waals surface area contributed by atoms with Gasteiger partial charge < -0.3 is 0 Å². The summed E-state index contributed by atoms with van der Waals surface area (Å²) in [5, 5.41) is 11.1. The molecular weight excluding hydrogens is 381 g/mol. The summed E-state index contributed by atoms with van der Waals surface area (Å²) in [5.74, 6) is 1.04. The summed E-state index contributed by atoms with van der Waals surface area (Å²) >= 11 is -2.75. The first-order chi connectivity index (χ1) is 11.5. The second-order valence-corrected chi connectivity index (χ2v) is 22.1.